The predicted molar refractivity (Wildman–Crippen MR) is 140 cm³/mol. The monoisotopic (exact) mass is 490 g/mol. The van der Waals surface area contributed by atoms with Crippen LogP contribution in [0.25, 0.3) is 10.9 Å². The first kappa shape index (κ1) is 25.2. The van der Waals surface area contributed by atoms with Crippen LogP contribution in [0.5, 0.6) is 0 Å². The molecular weight excluding hydrogens is 456 g/mol. The van der Waals surface area contributed by atoms with Gasteiger partial charge in [-0.05, 0) is 25.7 Å². The van der Waals surface area contributed by atoms with Crippen molar-refractivity contribution in [3.63, 3.8) is 0 Å². The number of aromatic nitrogens is 1. The van der Waals surface area contributed by atoms with Gasteiger partial charge in [-0.3, -0.25) is 9.59 Å². The fourth-order valence-electron chi connectivity index (χ4n) is 4.36. The maximum Gasteiger partial charge on any atom is 0.318 e. The van der Waals surface area contributed by atoms with Crippen molar-refractivity contribution in [2.45, 2.75) is 12.5 Å². The van der Waals surface area contributed by atoms with Crippen LogP contribution in [-0.4, -0.2) is 96.9 Å². The summed E-state index contributed by atoms with van der Waals surface area (Å²) in [6.07, 6.45) is 2.15. The predicted octanol–water partition coefficient (Wildman–Crippen LogP) is 1.92. The zero-order valence-electron chi connectivity index (χ0n) is 20.9. The molecule has 1 saturated heterocycles. The Morgan fingerprint density at radius 3 is 2.33 bits per heavy atom. The zero-order valence-corrected chi connectivity index (χ0v) is 20.9. The number of benzene rings is 2. The van der Waals surface area contributed by atoms with E-state index >= 15 is 0 Å². The lowest BCUT2D eigenvalue weighted by Crippen LogP contribution is -2.57. The van der Waals surface area contributed by atoms with Gasteiger partial charge in [-0.15, -0.1) is 0 Å². The molecule has 4 amide bonds. The molecule has 9 heteroatoms. The number of rotatable bonds is 8. The lowest BCUT2D eigenvalue weighted by Gasteiger charge is -2.35. The third-order valence-electron chi connectivity index (χ3n) is 6.43. The number of hydrogen-bond acceptors (Lipinski definition) is 4. The molecule has 1 fully saturated rings. The number of likely N-dealkylation sites (N-methyl/N-ethyl adjacent to an activating group) is 1. The molecule has 0 radical (unpaired) electrons. The Labute approximate surface area is 211 Å². The summed E-state index contributed by atoms with van der Waals surface area (Å²) in [7, 11) is 3.89. The first-order valence-electron chi connectivity index (χ1n) is 12.3. The molecule has 0 aliphatic carbocycles. The van der Waals surface area contributed by atoms with Crippen molar-refractivity contribution >= 4 is 28.7 Å². The van der Waals surface area contributed by atoms with Gasteiger partial charge >= 0.3 is 6.03 Å². The van der Waals surface area contributed by atoms with E-state index in [2.05, 4.69) is 15.6 Å². The molecule has 2 heterocycles. The number of hydrogen-bond donors (Lipinski definition) is 3. The summed E-state index contributed by atoms with van der Waals surface area (Å²) >= 11 is 0. The summed E-state index contributed by atoms with van der Waals surface area (Å²) in [5.74, 6) is -0.253. The molecule has 190 valence electrons. The minimum atomic E-state index is -0.687. The lowest BCUT2D eigenvalue weighted by molar-refractivity contribution is -0.123. The maximum absolute atomic E-state index is 13.1. The van der Waals surface area contributed by atoms with Gasteiger partial charge in [0.1, 0.15) is 6.04 Å². The smallest absolute Gasteiger partial charge is 0.318 e. The summed E-state index contributed by atoms with van der Waals surface area (Å²) in [5.41, 5.74) is 2.53. The largest absolute Gasteiger partial charge is 0.360 e. The highest BCUT2D eigenvalue weighted by Gasteiger charge is 2.29. The van der Waals surface area contributed by atoms with E-state index in [9.17, 15) is 14.4 Å². The standard InChI is InChI=1S/C27H34N6O3/c1-31(2)13-12-28-25(34)24(18-20-8-4-3-5-9-20)30-27(36)33-16-14-32(15-17-33)26(35)22-19-29-23-11-7-6-10-21(22)23/h3-11,19,24,29H,12-18H2,1-2H3,(H,28,34)(H,30,36). The average Bonchev–Trinajstić information content (AvgIpc) is 3.32. The summed E-state index contributed by atoms with van der Waals surface area (Å²) in [6.45, 7) is 2.89. The van der Waals surface area contributed by atoms with Crippen molar-refractivity contribution in [2.75, 3.05) is 53.4 Å². The number of para-hydroxylation sites is 1. The molecule has 1 atom stereocenters. The highest BCUT2D eigenvalue weighted by atomic mass is 16.2. The van der Waals surface area contributed by atoms with E-state index < -0.39 is 6.04 Å². The van der Waals surface area contributed by atoms with Crippen molar-refractivity contribution in [3.05, 3.63) is 71.9 Å². The molecule has 1 aliphatic rings. The molecule has 3 aromatic rings. The van der Waals surface area contributed by atoms with Gasteiger partial charge in [0.25, 0.3) is 5.91 Å². The number of nitrogens with zero attached hydrogens (tertiary/aromatic N) is 3. The van der Waals surface area contributed by atoms with E-state index in [4.69, 9.17) is 0 Å². The van der Waals surface area contributed by atoms with Gasteiger partial charge in [0.2, 0.25) is 5.91 Å². The third-order valence-corrected chi connectivity index (χ3v) is 6.43. The van der Waals surface area contributed by atoms with Gasteiger partial charge in [0.05, 0.1) is 5.56 Å². The molecule has 0 saturated carbocycles. The molecule has 3 N–H and O–H groups in total. The number of urea groups is 1. The quantitative estimate of drug-likeness (QED) is 0.449. The Kier molecular flexibility index (Phi) is 8.22. The Balaban J connectivity index is 1.35. The van der Waals surface area contributed by atoms with E-state index in [1.54, 1.807) is 16.0 Å². The van der Waals surface area contributed by atoms with E-state index in [-0.39, 0.29) is 17.8 Å². The second kappa shape index (κ2) is 11.7. The molecule has 36 heavy (non-hydrogen) atoms. The van der Waals surface area contributed by atoms with E-state index in [0.29, 0.717) is 51.3 Å². The first-order chi connectivity index (χ1) is 17.4. The fraction of sp³-hybridized carbons (Fsp3) is 0.370. The Hall–Kier alpha value is -3.85. The van der Waals surface area contributed by atoms with Crippen molar-refractivity contribution in [1.29, 1.82) is 0 Å². The SMILES string of the molecule is CN(C)CCNC(=O)C(Cc1ccccc1)NC(=O)N1CCN(C(=O)c2c[nH]c3ccccc23)CC1. The van der Waals surface area contributed by atoms with Gasteiger partial charge in [0, 0.05) is 62.8 Å². The van der Waals surface area contributed by atoms with Crippen LogP contribution in [0.3, 0.4) is 0 Å². The van der Waals surface area contributed by atoms with Crippen LogP contribution in [-0.2, 0) is 11.2 Å². The van der Waals surface area contributed by atoms with Crippen LogP contribution in [0, 0.1) is 0 Å². The van der Waals surface area contributed by atoms with E-state index in [1.807, 2.05) is 73.6 Å². The fourth-order valence-corrected chi connectivity index (χ4v) is 4.36. The normalized spacial score (nSPS) is 14.6. The molecule has 0 spiro atoms. The number of piperazine rings is 1. The first-order valence-corrected chi connectivity index (χ1v) is 12.3. The zero-order chi connectivity index (χ0) is 25.5. The highest BCUT2D eigenvalue weighted by molar-refractivity contribution is 6.06. The molecule has 0 bridgehead atoms. The third kappa shape index (κ3) is 6.23. The summed E-state index contributed by atoms with van der Waals surface area (Å²) in [6, 6.07) is 16.4. The van der Waals surface area contributed by atoms with Crippen LogP contribution < -0.4 is 10.6 Å². The van der Waals surface area contributed by atoms with Gasteiger partial charge < -0.3 is 30.3 Å². The number of H-pyrrole nitrogens is 1. The molecule has 1 aliphatic heterocycles. The van der Waals surface area contributed by atoms with Crippen molar-refractivity contribution in [1.82, 2.24) is 30.3 Å². The lowest BCUT2D eigenvalue weighted by atomic mass is 10.1. The molecule has 9 nitrogen and oxygen atoms in total. The van der Waals surface area contributed by atoms with Crippen LogP contribution >= 0.6 is 0 Å². The number of aromatic amines is 1. The van der Waals surface area contributed by atoms with Crippen LogP contribution in [0.15, 0.2) is 60.8 Å². The van der Waals surface area contributed by atoms with Gasteiger partial charge in [0.15, 0.2) is 0 Å². The topological polar surface area (TPSA) is 101 Å². The number of carbonyl (C=O) groups is 3. The van der Waals surface area contributed by atoms with E-state index in [0.717, 1.165) is 16.5 Å². The summed E-state index contributed by atoms with van der Waals surface area (Å²) < 4.78 is 0. The molecule has 1 aromatic heterocycles. The van der Waals surface area contributed by atoms with Gasteiger partial charge in [-0.2, -0.15) is 0 Å². The average molecular weight is 491 g/mol. The molecule has 4 rings (SSSR count). The van der Waals surface area contributed by atoms with Crippen molar-refractivity contribution in [3.8, 4) is 0 Å². The Bertz CT molecular complexity index is 1180. The Morgan fingerprint density at radius 1 is 0.944 bits per heavy atom. The molecule has 2 aromatic carbocycles. The minimum absolute atomic E-state index is 0.0465. The summed E-state index contributed by atoms with van der Waals surface area (Å²) in [4.78, 5) is 47.7. The van der Waals surface area contributed by atoms with Crippen molar-refractivity contribution in [2.24, 2.45) is 0 Å². The number of fused-ring (bicyclic) bond motifs is 1. The van der Waals surface area contributed by atoms with E-state index in [1.165, 1.54) is 0 Å². The molecule has 1 unspecified atom stereocenters. The van der Waals surface area contributed by atoms with Gasteiger partial charge in [-0.25, -0.2) is 4.79 Å². The van der Waals surface area contributed by atoms with Crippen LogP contribution in [0.4, 0.5) is 4.79 Å². The maximum atomic E-state index is 13.1. The van der Waals surface area contributed by atoms with Crippen LogP contribution in [0.2, 0.25) is 0 Å². The van der Waals surface area contributed by atoms with Gasteiger partial charge in [-0.1, -0.05) is 48.5 Å². The second-order valence-corrected chi connectivity index (χ2v) is 9.31. The van der Waals surface area contributed by atoms with Crippen LogP contribution in [0.1, 0.15) is 15.9 Å². The number of nitrogens with one attached hydrogen (secondary N) is 3. The number of carbonyl (C=O) groups excluding carboxylic acids is 3. The number of amides is 4. The second-order valence-electron chi connectivity index (χ2n) is 9.31. The summed E-state index contributed by atoms with van der Waals surface area (Å²) in [5, 5.41) is 6.74. The highest BCUT2D eigenvalue weighted by Crippen LogP contribution is 2.20. The Morgan fingerprint density at radius 2 is 1.61 bits per heavy atom. The molecular formula is C27H34N6O3. The van der Waals surface area contributed by atoms with Crippen molar-refractivity contribution < 1.29 is 14.4 Å². The minimum Gasteiger partial charge on any atom is -0.360 e.